The standard InChI is InChI=1S/C13H10N2O.BrH/c16-10-6-7-11-12(8-10)15-13(14-11)9-4-2-1-3-5-9;/h1-8,16H,(H,14,15);1H/p-1. The predicted octanol–water partition coefficient (Wildman–Crippen LogP) is -0.0605. The van der Waals surface area contributed by atoms with E-state index in [0.29, 0.717) is 0 Å². The van der Waals surface area contributed by atoms with Gasteiger partial charge in [0.2, 0.25) is 0 Å². The van der Waals surface area contributed by atoms with Crippen LogP contribution in [0.4, 0.5) is 0 Å². The lowest BCUT2D eigenvalue weighted by Gasteiger charge is -1.93. The molecule has 2 N–H and O–H groups in total. The molecule has 0 radical (unpaired) electrons. The fourth-order valence-corrected chi connectivity index (χ4v) is 1.73. The van der Waals surface area contributed by atoms with Crippen molar-refractivity contribution in [3.05, 3.63) is 48.5 Å². The largest absolute Gasteiger partial charge is 1.00 e. The fraction of sp³-hybridized carbons (Fsp3) is 0. The van der Waals surface area contributed by atoms with E-state index in [1.54, 1.807) is 18.2 Å². The van der Waals surface area contributed by atoms with Crippen LogP contribution in [-0.2, 0) is 0 Å². The van der Waals surface area contributed by atoms with Crippen molar-refractivity contribution >= 4 is 11.0 Å². The first-order valence-electron chi connectivity index (χ1n) is 5.07. The van der Waals surface area contributed by atoms with Crippen LogP contribution in [0.1, 0.15) is 0 Å². The van der Waals surface area contributed by atoms with E-state index < -0.39 is 0 Å². The van der Waals surface area contributed by atoms with Crippen LogP contribution < -0.4 is 17.0 Å². The summed E-state index contributed by atoms with van der Waals surface area (Å²) in [4.78, 5) is 7.64. The molecule has 0 unspecified atom stereocenters. The fourth-order valence-electron chi connectivity index (χ4n) is 1.73. The summed E-state index contributed by atoms with van der Waals surface area (Å²) < 4.78 is 0. The zero-order valence-electron chi connectivity index (χ0n) is 8.89. The van der Waals surface area contributed by atoms with Crippen LogP contribution in [0, 0.1) is 0 Å². The molecule has 3 aromatic rings. The molecule has 0 amide bonds. The van der Waals surface area contributed by atoms with E-state index in [2.05, 4.69) is 9.97 Å². The number of H-pyrrole nitrogens is 1. The zero-order chi connectivity index (χ0) is 11.0. The number of aromatic hydroxyl groups is 1. The van der Waals surface area contributed by atoms with Crippen LogP contribution >= 0.6 is 0 Å². The zero-order valence-corrected chi connectivity index (χ0v) is 10.5. The Hall–Kier alpha value is -1.81. The van der Waals surface area contributed by atoms with Gasteiger partial charge in [-0.05, 0) is 12.1 Å². The summed E-state index contributed by atoms with van der Waals surface area (Å²) in [5.74, 6) is 1.07. The van der Waals surface area contributed by atoms with Gasteiger partial charge in [0.25, 0.3) is 0 Å². The number of nitrogens with one attached hydrogen (secondary N) is 1. The first-order valence-corrected chi connectivity index (χ1v) is 5.07. The summed E-state index contributed by atoms with van der Waals surface area (Å²) in [6, 6.07) is 15.0. The molecular weight excluding hydrogens is 280 g/mol. The number of phenolic OH excluding ortho intramolecular Hbond substituents is 1. The van der Waals surface area contributed by atoms with Gasteiger partial charge in [-0.15, -0.1) is 0 Å². The van der Waals surface area contributed by atoms with Crippen molar-refractivity contribution in [3.8, 4) is 17.1 Å². The van der Waals surface area contributed by atoms with Gasteiger partial charge in [-0.1, -0.05) is 30.3 Å². The summed E-state index contributed by atoms with van der Waals surface area (Å²) >= 11 is 0. The predicted molar refractivity (Wildman–Crippen MR) is 63.2 cm³/mol. The highest BCUT2D eigenvalue weighted by molar-refractivity contribution is 5.80. The lowest BCUT2D eigenvalue weighted by Crippen LogP contribution is -3.00. The molecule has 3 nitrogen and oxygen atoms in total. The molecule has 0 aliphatic rings. The van der Waals surface area contributed by atoms with E-state index in [1.807, 2.05) is 30.3 Å². The molecule has 4 heteroatoms. The van der Waals surface area contributed by atoms with Gasteiger partial charge in [-0.3, -0.25) is 0 Å². The second-order valence-corrected chi connectivity index (χ2v) is 3.65. The molecule has 0 fully saturated rings. The van der Waals surface area contributed by atoms with E-state index in [-0.39, 0.29) is 22.7 Å². The lowest BCUT2D eigenvalue weighted by molar-refractivity contribution is -0.00000434. The molecule has 0 saturated carbocycles. The number of imidazole rings is 1. The number of aromatic nitrogens is 2. The summed E-state index contributed by atoms with van der Waals surface area (Å²) in [5, 5.41) is 9.36. The maximum absolute atomic E-state index is 9.36. The second kappa shape index (κ2) is 4.59. The highest BCUT2D eigenvalue weighted by atomic mass is 79.9. The Morgan fingerprint density at radius 2 is 1.76 bits per heavy atom. The first kappa shape index (κ1) is 11.7. The third kappa shape index (κ3) is 2.17. The molecule has 0 aliphatic carbocycles. The average Bonchev–Trinajstić information content (AvgIpc) is 2.73. The Labute approximate surface area is 109 Å². The summed E-state index contributed by atoms with van der Waals surface area (Å²) in [5.41, 5.74) is 2.74. The SMILES string of the molecule is Oc1ccc2nc(-c3ccccc3)[nH]c2c1.[Br-]. The lowest BCUT2D eigenvalue weighted by atomic mass is 10.2. The molecule has 0 saturated heterocycles. The number of hydrogen-bond donors (Lipinski definition) is 2. The van der Waals surface area contributed by atoms with Gasteiger partial charge in [0.15, 0.2) is 0 Å². The topological polar surface area (TPSA) is 48.9 Å². The van der Waals surface area contributed by atoms with Crippen LogP contribution in [0.25, 0.3) is 22.4 Å². The molecule has 3 rings (SSSR count). The van der Waals surface area contributed by atoms with Gasteiger partial charge in [-0.2, -0.15) is 0 Å². The minimum Gasteiger partial charge on any atom is -1.00 e. The summed E-state index contributed by atoms with van der Waals surface area (Å²) in [7, 11) is 0. The first-order chi connectivity index (χ1) is 7.83. The van der Waals surface area contributed by atoms with Crippen molar-refractivity contribution in [2.45, 2.75) is 0 Å². The number of benzene rings is 2. The third-order valence-corrected chi connectivity index (χ3v) is 2.51. The number of hydrogen-bond acceptors (Lipinski definition) is 2. The minimum atomic E-state index is 0. The highest BCUT2D eigenvalue weighted by Crippen LogP contribution is 2.22. The van der Waals surface area contributed by atoms with Crippen LogP contribution in [0.2, 0.25) is 0 Å². The third-order valence-electron chi connectivity index (χ3n) is 2.51. The maximum atomic E-state index is 9.36. The van der Waals surface area contributed by atoms with Crippen molar-refractivity contribution in [2.75, 3.05) is 0 Å². The number of nitrogens with zero attached hydrogens (tertiary/aromatic N) is 1. The van der Waals surface area contributed by atoms with Crippen molar-refractivity contribution in [3.63, 3.8) is 0 Å². The Morgan fingerprint density at radius 1 is 1.00 bits per heavy atom. The minimum absolute atomic E-state index is 0. The van der Waals surface area contributed by atoms with E-state index in [0.717, 1.165) is 22.4 Å². The van der Waals surface area contributed by atoms with E-state index in [9.17, 15) is 5.11 Å². The van der Waals surface area contributed by atoms with E-state index >= 15 is 0 Å². The number of aromatic amines is 1. The number of phenols is 1. The molecule has 86 valence electrons. The van der Waals surface area contributed by atoms with Gasteiger partial charge in [0, 0.05) is 11.6 Å². The Balaban J connectivity index is 0.00000108. The van der Waals surface area contributed by atoms with Gasteiger partial charge < -0.3 is 27.1 Å². The van der Waals surface area contributed by atoms with Gasteiger partial charge in [0.05, 0.1) is 11.0 Å². The highest BCUT2D eigenvalue weighted by Gasteiger charge is 2.04. The molecule has 1 heterocycles. The van der Waals surface area contributed by atoms with Crippen molar-refractivity contribution in [1.82, 2.24) is 9.97 Å². The molecule has 0 aliphatic heterocycles. The number of halogens is 1. The van der Waals surface area contributed by atoms with Gasteiger partial charge in [-0.25, -0.2) is 4.98 Å². The van der Waals surface area contributed by atoms with Crippen molar-refractivity contribution in [2.24, 2.45) is 0 Å². The number of fused-ring (bicyclic) bond motifs is 1. The summed E-state index contributed by atoms with van der Waals surface area (Å²) in [6.45, 7) is 0. The molecule has 0 spiro atoms. The van der Waals surface area contributed by atoms with Gasteiger partial charge in [0.1, 0.15) is 11.6 Å². The normalized spacial score (nSPS) is 10.1. The average molecular weight is 290 g/mol. The summed E-state index contributed by atoms with van der Waals surface area (Å²) in [6.07, 6.45) is 0. The molecule has 2 aromatic carbocycles. The Bertz CT molecular complexity index is 634. The van der Waals surface area contributed by atoms with Crippen LogP contribution in [0.15, 0.2) is 48.5 Å². The monoisotopic (exact) mass is 289 g/mol. The molecule has 1 aromatic heterocycles. The van der Waals surface area contributed by atoms with Gasteiger partial charge >= 0.3 is 0 Å². The molecular formula is C13H10BrN2O-. The maximum Gasteiger partial charge on any atom is 0.138 e. The second-order valence-electron chi connectivity index (χ2n) is 3.65. The smallest absolute Gasteiger partial charge is 0.138 e. The number of rotatable bonds is 1. The van der Waals surface area contributed by atoms with Crippen LogP contribution in [0.5, 0.6) is 5.75 Å². The quantitative estimate of drug-likeness (QED) is 0.659. The van der Waals surface area contributed by atoms with E-state index in [1.165, 1.54) is 0 Å². The van der Waals surface area contributed by atoms with E-state index in [4.69, 9.17) is 0 Å². The van der Waals surface area contributed by atoms with Crippen molar-refractivity contribution < 1.29 is 22.1 Å². The Kier molecular flexibility index (Phi) is 3.15. The Morgan fingerprint density at radius 3 is 2.53 bits per heavy atom. The van der Waals surface area contributed by atoms with Crippen molar-refractivity contribution in [1.29, 1.82) is 0 Å². The van der Waals surface area contributed by atoms with Crippen LogP contribution in [-0.4, -0.2) is 15.1 Å². The van der Waals surface area contributed by atoms with Crippen LogP contribution in [0.3, 0.4) is 0 Å². The molecule has 0 atom stereocenters. The molecule has 17 heavy (non-hydrogen) atoms. The molecule has 0 bridgehead atoms.